The number of benzene rings is 2. The number of ether oxygens (including phenoxy) is 1. The third-order valence-electron chi connectivity index (χ3n) is 2.97. The molecule has 2 rings (SSSR count). The van der Waals surface area contributed by atoms with Gasteiger partial charge < -0.3 is 4.74 Å². The third-order valence-corrected chi connectivity index (χ3v) is 2.97. The number of rotatable bonds is 4. The summed E-state index contributed by atoms with van der Waals surface area (Å²) in [5, 5.41) is 0. The lowest BCUT2D eigenvalue weighted by Gasteiger charge is -2.08. The minimum Gasteiger partial charge on any atom is -0.369 e. The van der Waals surface area contributed by atoms with Crippen LogP contribution in [0, 0.1) is 11.8 Å². The van der Waals surface area contributed by atoms with Crippen molar-refractivity contribution < 1.29 is 4.74 Å². The molecule has 0 saturated carbocycles. The highest BCUT2D eigenvalue weighted by Gasteiger charge is 2.03. The number of methoxy groups -OCH3 is 1. The molecule has 0 N–H and O–H groups in total. The predicted octanol–water partition coefficient (Wildman–Crippen LogP) is 3.69. The van der Waals surface area contributed by atoms with E-state index in [2.05, 4.69) is 36.1 Å². The van der Waals surface area contributed by atoms with Gasteiger partial charge in [0.25, 0.3) is 0 Å². The van der Waals surface area contributed by atoms with E-state index < -0.39 is 0 Å². The van der Waals surface area contributed by atoms with Gasteiger partial charge in [-0.25, -0.2) is 0 Å². The van der Waals surface area contributed by atoms with Crippen LogP contribution in [-0.4, -0.2) is 13.2 Å². The van der Waals surface area contributed by atoms with E-state index in [0.717, 1.165) is 18.4 Å². The van der Waals surface area contributed by atoms with Crippen LogP contribution < -0.4 is 0 Å². The van der Waals surface area contributed by atoms with Gasteiger partial charge in [0.2, 0.25) is 0 Å². The van der Waals surface area contributed by atoms with E-state index in [4.69, 9.17) is 4.74 Å². The Morgan fingerprint density at radius 2 is 1.58 bits per heavy atom. The largest absolute Gasteiger partial charge is 0.369 e. The van der Waals surface area contributed by atoms with Gasteiger partial charge in [0.1, 0.15) is 6.10 Å². The fourth-order valence-corrected chi connectivity index (χ4v) is 1.88. The Morgan fingerprint density at radius 1 is 0.947 bits per heavy atom. The summed E-state index contributed by atoms with van der Waals surface area (Å²) in [6.07, 6.45) is 1.89. The van der Waals surface area contributed by atoms with Gasteiger partial charge in [0.15, 0.2) is 0 Å². The van der Waals surface area contributed by atoms with Gasteiger partial charge >= 0.3 is 0 Å². The molecule has 0 aliphatic rings. The van der Waals surface area contributed by atoms with Crippen LogP contribution in [0.25, 0.3) is 0 Å². The van der Waals surface area contributed by atoms with Crippen molar-refractivity contribution in [2.45, 2.75) is 18.9 Å². The Kier molecular flexibility index (Phi) is 5.22. The molecule has 0 fully saturated rings. The molecule has 2 aromatic rings. The summed E-state index contributed by atoms with van der Waals surface area (Å²) in [6, 6.07) is 20.4. The summed E-state index contributed by atoms with van der Waals surface area (Å²) in [6.45, 7) is 0. The van der Waals surface area contributed by atoms with Crippen molar-refractivity contribution in [2.75, 3.05) is 7.11 Å². The van der Waals surface area contributed by atoms with Gasteiger partial charge in [0, 0.05) is 12.7 Å². The van der Waals surface area contributed by atoms with Crippen LogP contribution in [0.2, 0.25) is 0 Å². The molecule has 96 valence electrons. The molecule has 0 heterocycles. The van der Waals surface area contributed by atoms with Gasteiger partial charge in [-0.2, -0.15) is 0 Å². The Bertz CT molecular complexity index is 534. The molecule has 1 heteroatoms. The zero-order valence-electron chi connectivity index (χ0n) is 11.2. The minimum atomic E-state index is -0.0135. The molecular formula is C18H18O. The van der Waals surface area contributed by atoms with Gasteiger partial charge in [0.05, 0.1) is 0 Å². The fourth-order valence-electron chi connectivity index (χ4n) is 1.88. The lowest BCUT2D eigenvalue weighted by molar-refractivity contribution is 0.141. The second kappa shape index (κ2) is 7.41. The highest BCUT2D eigenvalue weighted by Crippen LogP contribution is 2.06. The van der Waals surface area contributed by atoms with Crippen LogP contribution in [0.3, 0.4) is 0 Å². The van der Waals surface area contributed by atoms with E-state index in [1.165, 1.54) is 5.56 Å². The maximum atomic E-state index is 5.42. The first-order valence-corrected chi connectivity index (χ1v) is 6.52. The fraction of sp³-hybridized carbons (Fsp3) is 0.222. The molecule has 0 aliphatic carbocycles. The highest BCUT2D eigenvalue weighted by atomic mass is 16.5. The van der Waals surface area contributed by atoms with Gasteiger partial charge in [-0.1, -0.05) is 60.4 Å². The smallest absolute Gasteiger partial charge is 0.118 e. The average molecular weight is 250 g/mol. The number of aryl methyl sites for hydroxylation is 1. The van der Waals surface area contributed by atoms with Gasteiger partial charge in [-0.05, 0) is 30.5 Å². The topological polar surface area (TPSA) is 9.23 Å². The Labute approximate surface area is 115 Å². The van der Waals surface area contributed by atoms with Crippen molar-refractivity contribution in [1.29, 1.82) is 0 Å². The van der Waals surface area contributed by atoms with Crippen LogP contribution in [0.15, 0.2) is 60.7 Å². The van der Waals surface area contributed by atoms with Gasteiger partial charge in [-0.3, -0.25) is 0 Å². The van der Waals surface area contributed by atoms with E-state index in [1.807, 2.05) is 36.4 Å². The molecule has 0 radical (unpaired) electrons. The SMILES string of the molecule is COC(C#Cc1ccccc1)CCc1ccccc1. The lowest BCUT2D eigenvalue weighted by atomic mass is 10.1. The second-order valence-corrected chi connectivity index (χ2v) is 4.38. The first kappa shape index (κ1) is 13.4. The zero-order chi connectivity index (χ0) is 13.3. The molecule has 19 heavy (non-hydrogen) atoms. The van der Waals surface area contributed by atoms with Crippen molar-refractivity contribution in [3.63, 3.8) is 0 Å². The predicted molar refractivity (Wildman–Crippen MR) is 78.9 cm³/mol. The summed E-state index contributed by atoms with van der Waals surface area (Å²) in [7, 11) is 1.72. The van der Waals surface area contributed by atoms with E-state index >= 15 is 0 Å². The molecule has 0 aromatic heterocycles. The minimum absolute atomic E-state index is 0.0135. The molecule has 0 aliphatic heterocycles. The first-order valence-electron chi connectivity index (χ1n) is 6.52. The molecular weight excluding hydrogens is 232 g/mol. The zero-order valence-corrected chi connectivity index (χ0v) is 11.2. The number of hydrogen-bond acceptors (Lipinski definition) is 1. The maximum Gasteiger partial charge on any atom is 0.118 e. The van der Waals surface area contributed by atoms with Crippen molar-refractivity contribution in [3.05, 3.63) is 71.8 Å². The molecule has 1 unspecified atom stereocenters. The number of hydrogen-bond donors (Lipinski definition) is 0. The van der Waals surface area contributed by atoms with Crippen LogP contribution >= 0.6 is 0 Å². The second-order valence-electron chi connectivity index (χ2n) is 4.38. The van der Waals surface area contributed by atoms with E-state index in [1.54, 1.807) is 7.11 Å². The van der Waals surface area contributed by atoms with Crippen molar-refractivity contribution in [2.24, 2.45) is 0 Å². The van der Waals surface area contributed by atoms with Crippen LogP contribution in [0.4, 0.5) is 0 Å². The summed E-state index contributed by atoms with van der Waals surface area (Å²) in [5.41, 5.74) is 2.36. The van der Waals surface area contributed by atoms with E-state index in [0.29, 0.717) is 0 Å². The monoisotopic (exact) mass is 250 g/mol. The summed E-state index contributed by atoms with van der Waals surface area (Å²) in [4.78, 5) is 0. The maximum absolute atomic E-state index is 5.42. The quantitative estimate of drug-likeness (QED) is 0.752. The third kappa shape index (κ3) is 4.62. The molecule has 0 amide bonds. The standard InChI is InChI=1S/C18H18O/c1-19-18(14-12-16-8-4-2-5-9-16)15-13-17-10-6-3-7-11-17/h2-11,18H,12,14H2,1H3. The molecule has 0 saturated heterocycles. The van der Waals surface area contributed by atoms with Crippen molar-refractivity contribution in [1.82, 2.24) is 0 Å². The highest BCUT2D eigenvalue weighted by molar-refractivity contribution is 5.34. The Hall–Kier alpha value is -2.04. The molecule has 0 bridgehead atoms. The Morgan fingerprint density at radius 3 is 2.21 bits per heavy atom. The van der Waals surface area contributed by atoms with E-state index in [-0.39, 0.29) is 6.10 Å². The molecule has 2 aromatic carbocycles. The van der Waals surface area contributed by atoms with Crippen molar-refractivity contribution in [3.8, 4) is 11.8 Å². The lowest BCUT2D eigenvalue weighted by Crippen LogP contribution is -2.08. The normalized spacial score (nSPS) is 11.4. The van der Waals surface area contributed by atoms with Crippen LogP contribution in [0.1, 0.15) is 17.5 Å². The van der Waals surface area contributed by atoms with Gasteiger partial charge in [-0.15, -0.1) is 0 Å². The molecule has 1 atom stereocenters. The van der Waals surface area contributed by atoms with Crippen LogP contribution in [0.5, 0.6) is 0 Å². The molecule has 0 spiro atoms. The van der Waals surface area contributed by atoms with Crippen LogP contribution in [-0.2, 0) is 11.2 Å². The average Bonchev–Trinajstić information content (AvgIpc) is 2.49. The summed E-state index contributed by atoms with van der Waals surface area (Å²) >= 11 is 0. The molecule has 1 nitrogen and oxygen atoms in total. The summed E-state index contributed by atoms with van der Waals surface area (Å²) < 4.78 is 5.42. The summed E-state index contributed by atoms with van der Waals surface area (Å²) in [5.74, 6) is 6.34. The van der Waals surface area contributed by atoms with Crippen molar-refractivity contribution >= 4 is 0 Å². The first-order chi connectivity index (χ1) is 9.38. The van der Waals surface area contributed by atoms with E-state index in [9.17, 15) is 0 Å². The Balaban J connectivity index is 1.93.